The van der Waals surface area contributed by atoms with Crippen LogP contribution in [0, 0.1) is 0 Å². The number of rotatable bonds is 5. The van der Waals surface area contributed by atoms with Crippen LogP contribution in [0.4, 0.5) is 17.1 Å². The van der Waals surface area contributed by atoms with Crippen LogP contribution in [0.3, 0.4) is 0 Å². The van der Waals surface area contributed by atoms with Gasteiger partial charge in [0, 0.05) is 27.2 Å². The first kappa shape index (κ1) is 25.4. The van der Waals surface area contributed by atoms with E-state index in [0.717, 1.165) is 77.6 Å². The highest BCUT2D eigenvalue weighted by Crippen LogP contribution is 2.48. The fourth-order valence-electron chi connectivity index (χ4n) is 6.60. The first-order chi connectivity index (χ1) is 22.3. The molecule has 7 aromatic carbocycles. The van der Waals surface area contributed by atoms with Crippen molar-refractivity contribution in [1.29, 1.82) is 0 Å². The lowest BCUT2D eigenvalue weighted by molar-refractivity contribution is 0.666. The van der Waals surface area contributed by atoms with Crippen LogP contribution >= 0.6 is 0 Å². The Morgan fingerprint density at radius 1 is 0.356 bits per heavy atom. The van der Waals surface area contributed by atoms with Gasteiger partial charge < -0.3 is 13.7 Å². The highest BCUT2D eigenvalue weighted by Gasteiger charge is 2.24. The SMILES string of the molecule is c1ccc(-c2ccc(N(c3cccc4c3oc3ccccc34)c3ccc(-c4ccccc4)c4c3oc3ccccc34)cc2)cc1. The van der Waals surface area contributed by atoms with E-state index in [-0.39, 0.29) is 0 Å². The molecule has 45 heavy (non-hydrogen) atoms. The number of furan rings is 2. The summed E-state index contributed by atoms with van der Waals surface area (Å²) in [5.41, 5.74) is 10.9. The summed E-state index contributed by atoms with van der Waals surface area (Å²) >= 11 is 0. The lowest BCUT2D eigenvalue weighted by atomic mass is 9.98. The van der Waals surface area contributed by atoms with Crippen molar-refractivity contribution in [3.63, 3.8) is 0 Å². The molecule has 0 N–H and O–H groups in total. The van der Waals surface area contributed by atoms with Gasteiger partial charge in [0.1, 0.15) is 11.2 Å². The minimum atomic E-state index is 0.831. The molecule has 0 radical (unpaired) electrons. The third kappa shape index (κ3) is 4.13. The van der Waals surface area contributed by atoms with E-state index in [4.69, 9.17) is 8.83 Å². The number of hydrogen-bond donors (Lipinski definition) is 0. The zero-order valence-corrected chi connectivity index (χ0v) is 24.4. The van der Waals surface area contributed by atoms with Gasteiger partial charge >= 0.3 is 0 Å². The summed E-state index contributed by atoms with van der Waals surface area (Å²) in [7, 11) is 0. The molecule has 0 amide bonds. The van der Waals surface area contributed by atoms with Crippen molar-refractivity contribution in [2.75, 3.05) is 4.90 Å². The molecule has 0 aliphatic carbocycles. The first-order valence-electron chi connectivity index (χ1n) is 15.2. The van der Waals surface area contributed by atoms with Gasteiger partial charge in [0.25, 0.3) is 0 Å². The summed E-state index contributed by atoms with van der Waals surface area (Å²) in [5, 5.41) is 4.37. The summed E-state index contributed by atoms with van der Waals surface area (Å²) < 4.78 is 13.4. The normalized spacial score (nSPS) is 11.6. The zero-order valence-electron chi connectivity index (χ0n) is 24.4. The minimum Gasteiger partial charge on any atom is -0.454 e. The van der Waals surface area contributed by atoms with Gasteiger partial charge in [-0.15, -0.1) is 0 Å². The second-order valence-electron chi connectivity index (χ2n) is 11.3. The molecule has 0 fully saturated rings. The van der Waals surface area contributed by atoms with Gasteiger partial charge in [-0.25, -0.2) is 0 Å². The molecule has 0 aliphatic rings. The van der Waals surface area contributed by atoms with Crippen LogP contribution < -0.4 is 4.90 Å². The summed E-state index contributed by atoms with van der Waals surface area (Å²) in [6.45, 7) is 0. The molecule has 0 bridgehead atoms. The van der Waals surface area contributed by atoms with Crippen molar-refractivity contribution in [3.8, 4) is 22.3 Å². The third-order valence-corrected chi connectivity index (χ3v) is 8.69. The van der Waals surface area contributed by atoms with Gasteiger partial charge in [-0.1, -0.05) is 127 Å². The van der Waals surface area contributed by atoms with Crippen LogP contribution in [0.15, 0.2) is 173 Å². The largest absolute Gasteiger partial charge is 0.454 e. The van der Waals surface area contributed by atoms with Crippen molar-refractivity contribution in [2.24, 2.45) is 0 Å². The van der Waals surface area contributed by atoms with Gasteiger partial charge in [-0.3, -0.25) is 0 Å². The van der Waals surface area contributed by atoms with Crippen molar-refractivity contribution < 1.29 is 8.83 Å². The molecule has 0 saturated heterocycles. The standard InChI is InChI=1S/C42H27NO2/c1-3-12-28(13-4-1)29-22-24-31(25-23-29)43(36-19-11-18-34-33-16-7-9-20-38(33)44-41(34)36)37-27-26-32(30-14-5-2-6-15-30)40-35-17-8-10-21-39(35)45-42(37)40/h1-27H. The Bertz CT molecular complexity index is 2470. The summed E-state index contributed by atoms with van der Waals surface area (Å²) in [6, 6.07) is 57.1. The van der Waals surface area contributed by atoms with Gasteiger partial charge in [0.2, 0.25) is 0 Å². The Balaban J connectivity index is 1.34. The molecule has 0 saturated carbocycles. The molecule has 0 unspecified atom stereocenters. The van der Waals surface area contributed by atoms with Crippen LogP contribution in [-0.2, 0) is 0 Å². The molecule has 0 aliphatic heterocycles. The zero-order chi connectivity index (χ0) is 29.7. The quantitative estimate of drug-likeness (QED) is 0.204. The molecular formula is C42H27NO2. The molecule has 3 heteroatoms. The topological polar surface area (TPSA) is 29.5 Å². The predicted molar refractivity (Wildman–Crippen MR) is 187 cm³/mol. The van der Waals surface area contributed by atoms with Crippen molar-refractivity contribution in [1.82, 2.24) is 0 Å². The molecule has 9 aromatic rings. The van der Waals surface area contributed by atoms with Crippen LogP contribution in [0.2, 0.25) is 0 Å². The van der Waals surface area contributed by atoms with Gasteiger partial charge in [0.05, 0.1) is 11.4 Å². The molecule has 3 nitrogen and oxygen atoms in total. The van der Waals surface area contributed by atoms with Gasteiger partial charge in [0.15, 0.2) is 11.2 Å². The first-order valence-corrected chi connectivity index (χ1v) is 15.2. The van der Waals surface area contributed by atoms with Crippen molar-refractivity contribution >= 4 is 60.9 Å². The van der Waals surface area contributed by atoms with E-state index in [9.17, 15) is 0 Å². The number of benzene rings is 7. The number of nitrogens with zero attached hydrogens (tertiary/aromatic N) is 1. The van der Waals surface area contributed by atoms with E-state index in [1.54, 1.807) is 0 Å². The monoisotopic (exact) mass is 577 g/mol. The third-order valence-electron chi connectivity index (χ3n) is 8.69. The summed E-state index contributed by atoms with van der Waals surface area (Å²) in [4.78, 5) is 2.28. The maximum atomic E-state index is 6.76. The molecule has 2 aromatic heterocycles. The van der Waals surface area contributed by atoms with Crippen molar-refractivity contribution in [3.05, 3.63) is 164 Å². The van der Waals surface area contributed by atoms with E-state index >= 15 is 0 Å². The second-order valence-corrected chi connectivity index (χ2v) is 11.3. The van der Waals surface area contributed by atoms with Gasteiger partial charge in [-0.05, 0) is 58.7 Å². The maximum Gasteiger partial charge on any atom is 0.160 e. The highest BCUT2D eigenvalue weighted by molar-refractivity contribution is 6.18. The van der Waals surface area contributed by atoms with Crippen molar-refractivity contribution in [2.45, 2.75) is 0 Å². The maximum absolute atomic E-state index is 6.76. The van der Waals surface area contributed by atoms with E-state index in [1.807, 2.05) is 30.3 Å². The highest BCUT2D eigenvalue weighted by atomic mass is 16.3. The molecule has 212 valence electrons. The Morgan fingerprint density at radius 2 is 0.911 bits per heavy atom. The lowest BCUT2D eigenvalue weighted by Crippen LogP contribution is -2.10. The number of para-hydroxylation sites is 3. The van der Waals surface area contributed by atoms with Crippen LogP contribution in [0.1, 0.15) is 0 Å². The molecule has 9 rings (SSSR count). The van der Waals surface area contributed by atoms with E-state index < -0.39 is 0 Å². The average molecular weight is 578 g/mol. The Labute approximate surface area is 260 Å². The van der Waals surface area contributed by atoms with Crippen LogP contribution in [0.5, 0.6) is 0 Å². The lowest BCUT2D eigenvalue weighted by Gasteiger charge is -2.26. The molecular weight excluding hydrogens is 550 g/mol. The molecule has 0 spiro atoms. The summed E-state index contributed by atoms with van der Waals surface area (Å²) in [6.07, 6.45) is 0. The van der Waals surface area contributed by atoms with E-state index in [2.05, 4.69) is 138 Å². The molecule has 2 heterocycles. The number of anilines is 3. The Morgan fingerprint density at radius 3 is 1.67 bits per heavy atom. The van der Waals surface area contributed by atoms with Crippen LogP contribution in [-0.4, -0.2) is 0 Å². The minimum absolute atomic E-state index is 0.831. The van der Waals surface area contributed by atoms with Gasteiger partial charge in [-0.2, -0.15) is 0 Å². The fourth-order valence-corrected chi connectivity index (χ4v) is 6.60. The van der Waals surface area contributed by atoms with E-state index in [1.165, 1.54) is 5.56 Å². The smallest absolute Gasteiger partial charge is 0.160 e. The number of fused-ring (bicyclic) bond motifs is 6. The Kier molecular flexibility index (Phi) is 5.82. The Hall–Kier alpha value is -6.06. The number of hydrogen-bond acceptors (Lipinski definition) is 3. The predicted octanol–water partition coefficient (Wildman–Crippen LogP) is 12.3. The fraction of sp³-hybridized carbons (Fsp3) is 0. The second kappa shape index (κ2) is 10.3. The molecule has 0 atom stereocenters. The van der Waals surface area contributed by atoms with Crippen LogP contribution in [0.25, 0.3) is 66.1 Å². The van der Waals surface area contributed by atoms with E-state index in [0.29, 0.717) is 0 Å². The summed E-state index contributed by atoms with van der Waals surface area (Å²) in [5.74, 6) is 0. The average Bonchev–Trinajstić information content (AvgIpc) is 3.69.